The molecule has 0 aliphatic heterocycles. The summed E-state index contributed by atoms with van der Waals surface area (Å²) in [6, 6.07) is 12.7. The monoisotopic (exact) mass is 271 g/mol. The number of benzene rings is 2. The summed E-state index contributed by atoms with van der Waals surface area (Å²) in [6.45, 7) is 4.26. The maximum Gasteiger partial charge on any atom is 0.292 e. The van der Waals surface area contributed by atoms with Gasteiger partial charge in [0.2, 0.25) is 0 Å². The lowest BCUT2D eigenvalue weighted by Crippen LogP contribution is -1.98. The van der Waals surface area contributed by atoms with E-state index in [0.29, 0.717) is 5.92 Å². The smallest absolute Gasteiger partial charge is 0.292 e. The fourth-order valence-electron chi connectivity index (χ4n) is 1.94. The third kappa shape index (κ3) is 3.06. The van der Waals surface area contributed by atoms with Crippen molar-refractivity contribution in [3.05, 3.63) is 58.1 Å². The number of hydrogen-bond donors (Lipinski definition) is 2. The fraction of sp³-hybridized carbons (Fsp3) is 0.200. The van der Waals surface area contributed by atoms with Crippen molar-refractivity contribution in [1.82, 2.24) is 0 Å². The lowest BCUT2D eigenvalue weighted by molar-refractivity contribution is -0.383. The molecule has 2 aromatic carbocycles. The SMILES string of the molecule is CC(C)c1cccc(Nc2ccc([N+](=O)[O-])c(N)c2)c1. The van der Waals surface area contributed by atoms with E-state index in [-0.39, 0.29) is 11.4 Å². The number of anilines is 3. The van der Waals surface area contributed by atoms with Crippen LogP contribution in [0.25, 0.3) is 0 Å². The molecule has 0 bridgehead atoms. The largest absolute Gasteiger partial charge is 0.393 e. The Labute approximate surface area is 117 Å². The summed E-state index contributed by atoms with van der Waals surface area (Å²) in [5, 5.41) is 13.9. The van der Waals surface area contributed by atoms with Crippen LogP contribution in [0.3, 0.4) is 0 Å². The first-order chi connectivity index (χ1) is 9.47. The van der Waals surface area contributed by atoms with E-state index in [9.17, 15) is 10.1 Å². The molecule has 0 aliphatic carbocycles. The number of nitrogen functional groups attached to an aromatic ring is 1. The Bertz CT molecular complexity index is 639. The summed E-state index contributed by atoms with van der Waals surface area (Å²) in [6.07, 6.45) is 0. The standard InChI is InChI=1S/C15H17N3O2/c1-10(2)11-4-3-5-12(8-11)17-13-6-7-15(18(19)20)14(16)9-13/h3-10,17H,16H2,1-2H3. The lowest BCUT2D eigenvalue weighted by Gasteiger charge is -2.11. The van der Waals surface area contributed by atoms with Gasteiger partial charge in [-0.15, -0.1) is 0 Å². The number of nitro groups is 1. The quantitative estimate of drug-likeness (QED) is 0.499. The zero-order valence-electron chi connectivity index (χ0n) is 11.5. The van der Waals surface area contributed by atoms with Crippen molar-refractivity contribution < 1.29 is 4.92 Å². The summed E-state index contributed by atoms with van der Waals surface area (Å²) >= 11 is 0. The number of hydrogen-bond acceptors (Lipinski definition) is 4. The fourth-order valence-corrected chi connectivity index (χ4v) is 1.94. The van der Waals surface area contributed by atoms with Crippen molar-refractivity contribution in [2.75, 3.05) is 11.1 Å². The molecule has 0 radical (unpaired) electrons. The van der Waals surface area contributed by atoms with Gasteiger partial charge < -0.3 is 11.1 Å². The molecule has 0 heterocycles. The van der Waals surface area contributed by atoms with Crippen molar-refractivity contribution >= 4 is 22.7 Å². The molecular weight excluding hydrogens is 254 g/mol. The molecule has 0 spiro atoms. The molecule has 0 unspecified atom stereocenters. The Morgan fingerprint density at radius 3 is 2.45 bits per heavy atom. The molecule has 2 aromatic rings. The second-order valence-corrected chi connectivity index (χ2v) is 4.94. The van der Waals surface area contributed by atoms with Crippen molar-refractivity contribution in [3.63, 3.8) is 0 Å². The minimum atomic E-state index is -0.488. The first-order valence-electron chi connectivity index (χ1n) is 6.38. The molecule has 104 valence electrons. The third-order valence-electron chi connectivity index (χ3n) is 3.07. The average Bonchev–Trinajstić information content (AvgIpc) is 2.38. The minimum Gasteiger partial charge on any atom is -0.393 e. The number of nitro benzene ring substituents is 1. The van der Waals surface area contributed by atoms with E-state index >= 15 is 0 Å². The predicted molar refractivity (Wildman–Crippen MR) is 81.3 cm³/mol. The van der Waals surface area contributed by atoms with Gasteiger partial charge in [0.1, 0.15) is 5.69 Å². The van der Waals surface area contributed by atoms with E-state index in [4.69, 9.17) is 5.73 Å². The highest BCUT2D eigenvalue weighted by Gasteiger charge is 2.11. The zero-order valence-corrected chi connectivity index (χ0v) is 11.5. The highest BCUT2D eigenvalue weighted by molar-refractivity contribution is 5.70. The van der Waals surface area contributed by atoms with E-state index in [1.807, 2.05) is 12.1 Å². The first kappa shape index (κ1) is 13.9. The number of rotatable bonds is 4. The molecule has 0 atom stereocenters. The van der Waals surface area contributed by atoms with E-state index in [1.165, 1.54) is 11.6 Å². The second-order valence-electron chi connectivity index (χ2n) is 4.94. The van der Waals surface area contributed by atoms with Crippen LogP contribution in [0.5, 0.6) is 0 Å². The molecular formula is C15H17N3O2. The van der Waals surface area contributed by atoms with Crippen LogP contribution in [0, 0.1) is 10.1 Å². The lowest BCUT2D eigenvalue weighted by atomic mass is 10.0. The normalized spacial score (nSPS) is 10.6. The van der Waals surface area contributed by atoms with Gasteiger partial charge >= 0.3 is 0 Å². The molecule has 0 saturated carbocycles. The zero-order chi connectivity index (χ0) is 14.7. The molecule has 20 heavy (non-hydrogen) atoms. The van der Waals surface area contributed by atoms with Crippen LogP contribution < -0.4 is 11.1 Å². The van der Waals surface area contributed by atoms with Crippen LogP contribution in [0.1, 0.15) is 25.3 Å². The molecule has 0 aliphatic rings. The molecule has 3 N–H and O–H groups in total. The third-order valence-corrected chi connectivity index (χ3v) is 3.07. The van der Waals surface area contributed by atoms with Crippen LogP contribution in [0.2, 0.25) is 0 Å². The molecule has 5 heteroatoms. The van der Waals surface area contributed by atoms with Gasteiger partial charge in [-0.1, -0.05) is 26.0 Å². The van der Waals surface area contributed by atoms with Crippen molar-refractivity contribution in [3.8, 4) is 0 Å². The van der Waals surface area contributed by atoms with Gasteiger partial charge in [-0.05, 0) is 35.7 Å². The minimum absolute atomic E-state index is 0.0773. The summed E-state index contributed by atoms with van der Waals surface area (Å²) in [5.74, 6) is 0.443. The Morgan fingerprint density at radius 1 is 1.15 bits per heavy atom. The van der Waals surface area contributed by atoms with E-state index in [1.54, 1.807) is 12.1 Å². The second kappa shape index (κ2) is 5.61. The Kier molecular flexibility index (Phi) is 3.89. The average molecular weight is 271 g/mol. The number of nitrogens with two attached hydrogens (primary N) is 1. The van der Waals surface area contributed by atoms with Crippen molar-refractivity contribution in [1.29, 1.82) is 0 Å². The molecule has 2 rings (SSSR count). The van der Waals surface area contributed by atoms with Gasteiger partial charge in [0.05, 0.1) is 4.92 Å². The van der Waals surface area contributed by atoms with Gasteiger partial charge in [-0.2, -0.15) is 0 Å². The van der Waals surface area contributed by atoms with E-state index in [2.05, 4.69) is 31.3 Å². The Balaban J connectivity index is 2.24. The predicted octanol–water partition coefficient (Wildman–Crippen LogP) is 4.04. The summed E-state index contributed by atoms with van der Waals surface area (Å²) in [4.78, 5) is 10.2. The van der Waals surface area contributed by atoms with Crippen molar-refractivity contribution in [2.24, 2.45) is 0 Å². The van der Waals surface area contributed by atoms with Gasteiger partial charge in [0.25, 0.3) is 5.69 Å². The molecule has 0 aromatic heterocycles. The van der Waals surface area contributed by atoms with Crippen molar-refractivity contribution in [2.45, 2.75) is 19.8 Å². The molecule has 5 nitrogen and oxygen atoms in total. The van der Waals surface area contributed by atoms with Crippen LogP contribution in [-0.4, -0.2) is 4.92 Å². The van der Waals surface area contributed by atoms with Gasteiger partial charge in [-0.25, -0.2) is 0 Å². The van der Waals surface area contributed by atoms with Gasteiger partial charge in [0.15, 0.2) is 0 Å². The van der Waals surface area contributed by atoms with E-state index < -0.39 is 4.92 Å². The molecule has 0 amide bonds. The number of nitrogens with one attached hydrogen (secondary N) is 1. The highest BCUT2D eigenvalue weighted by Crippen LogP contribution is 2.27. The topological polar surface area (TPSA) is 81.2 Å². The first-order valence-corrected chi connectivity index (χ1v) is 6.38. The maximum absolute atomic E-state index is 10.7. The Morgan fingerprint density at radius 2 is 1.85 bits per heavy atom. The Hall–Kier alpha value is -2.56. The molecule has 0 saturated heterocycles. The summed E-state index contributed by atoms with van der Waals surface area (Å²) in [5.41, 5.74) is 8.64. The highest BCUT2D eigenvalue weighted by atomic mass is 16.6. The van der Waals surface area contributed by atoms with Crippen LogP contribution >= 0.6 is 0 Å². The maximum atomic E-state index is 10.7. The summed E-state index contributed by atoms with van der Waals surface area (Å²) < 4.78 is 0. The summed E-state index contributed by atoms with van der Waals surface area (Å²) in [7, 11) is 0. The van der Waals surface area contributed by atoms with Gasteiger partial charge in [0, 0.05) is 17.4 Å². The molecule has 0 fully saturated rings. The van der Waals surface area contributed by atoms with Gasteiger partial charge in [-0.3, -0.25) is 10.1 Å². The van der Waals surface area contributed by atoms with Crippen LogP contribution in [0.4, 0.5) is 22.7 Å². The van der Waals surface area contributed by atoms with E-state index in [0.717, 1.165) is 11.4 Å². The number of nitrogens with zero attached hydrogens (tertiary/aromatic N) is 1. The van der Waals surface area contributed by atoms with Crippen LogP contribution in [0.15, 0.2) is 42.5 Å². The van der Waals surface area contributed by atoms with Crippen LogP contribution in [-0.2, 0) is 0 Å².